The van der Waals surface area contributed by atoms with Crippen LogP contribution in [0.5, 0.6) is 5.75 Å². The summed E-state index contributed by atoms with van der Waals surface area (Å²) in [7, 11) is 0. The van der Waals surface area contributed by atoms with Gasteiger partial charge < -0.3 is 14.8 Å². The van der Waals surface area contributed by atoms with Crippen molar-refractivity contribution in [1.82, 2.24) is 9.55 Å². The highest BCUT2D eigenvalue weighted by Crippen LogP contribution is 2.42. The van der Waals surface area contributed by atoms with Crippen LogP contribution >= 0.6 is 0 Å². The molecule has 146 valence electrons. The van der Waals surface area contributed by atoms with Gasteiger partial charge in [0.2, 0.25) is 0 Å². The van der Waals surface area contributed by atoms with Crippen LogP contribution in [0.25, 0.3) is 0 Å². The zero-order valence-electron chi connectivity index (χ0n) is 15.7. The Bertz CT molecular complexity index is 1080. The third kappa shape index (κ3) is 2.81. The lowest BCUT2D eigenvalue weighted by Gasteiger charge is -2.28. The number of ether oxygens (including phenoxy) is 2. The largest absolute Gasteiger partial charge is 0.494 e. The summed E-state index contributed by atoms with van der Waals surface area (Å²) in [5, 5.41) is 3.11. The van der Waals surface area contributed by atoms with Gasteiger partial charge in [-0.15, -0.1) is 0 Å². The van der Waals surface area contributed by atoms with Gasteiger partial charge in [0, 0.05) is 6.54 Å². The van der Waals surface area contributed by atoms with Crippen LogP contribution in [0.3, 0.4) is 0 Å². The van der Waals surface area contributed by atoms with E-state index in [1.54, 1.807) is 12.1 Å². The predicted molar refractivity (Wildman–Crippen MR) is 103 cm³/mol. The maximum absolute atomic E-state index is 12.8. The molecule has 0 saturated heterocycles. The smallest absolute Gasteiger partial charge is 0.337 e. The normalized spacial score (nSPS) is 17.6. The summed E-state index contributed by atoms with van der Waals surface area (Å²) in [6.45, 7) is 4.92. The van der Waals surface area contributed by atoms with Gasteiger partial charge >= 0.3 is 11.7 Å². The number of carbonyl (C=O) groups is 1. The first kappa shape index (κ1) is 18.1. The number of carbonyl (C=O) groups excluding carboxylic acids is 1. The Labute approximate surface area is 160 Å². The first-order valence-electron chi connectivity index (χ1n) is 9.32. The van der Waals surface area contributed by atoms with Crippen molar-refractivity contribution in [1.29, 1.82) is 0 Å². The lowest BCUT2D eigenvalue weighted by atomic mass is 9.83. The van der Waals surface area contributed by atoms with Crippen molar-refractivity contribution >= 4 is 11.8 Å². The van der Waals surface area contributed by atoms with Crippen molar-refractivity contribution in [2.24, 2.45) is 0 Å². The number of hydrogen-bond acceptors (Lipinski definition) is 6. The minimum atomic E-state index is -0.621. The van der Waals surface area contributed by atoms with E-state index in [4.69, 9.17) is 9.47 Å². The Morgan fingerprint density at radius 3 is 2.61 bits per heavy atom. The van der Waals surface area contributed by atoms with Crippen LogP contribution < -0.4 is 21.3 Å². The third-order valence-electron chi connectivity index (χ3n) is 4.95. The second-order valence-electron chi connectivity index (χ2n) is 6.70. The van der Waals surface area contributed by atoms with Gasteiger partial charge in [-0.3, -0.25) is 14.3 Å². The van der Waals surface area contributed by atoms with E-state index in [1.165, 1.54) is 4.57 Å². The highest BCUT2D eigenvalue weighted by Gasteiger charge is 2.41. The lowest BCUT2D eigenvalue weighted by molar-refractivity contribution is -0.136. The Kier molecular flexibility index (Phi) is 4.54. The van der Waals surface area contributed by atoms with Gasteiger partial charge in [-0.05, 0) is 31.0 Å². The molecule has 1 aromatic heterocycles. The van der Waals surface area contributed by atoms with E-state index in [1.807, 2.05) is 26.0 Å². The molecule has 1 atom stereocenters. The number of benzene rings is 1. The van der Waals surface area contributed by atoms with Gasteiger partial charge in [0.05, 0.1) is 29.4 Å². The molecule has 0 aliphatic carbocycles. The van der Waals surface area contributed by atoms with Crippen molar-refractivity contribution < 1.29 is 14.3 Å². The topological polar surface area (TPSA) is 102 Å². The summed E-state index contributed by atoms with van der Waals surface area (Å²) in [5.74, 6) is 0.0454. The monoisotopic (exact) mass is 383 g/mol. The molecular weight excluding hydrogens is 362 g/mol. The molecule has 4 rings (SSSR count). The van der Waals surface area contributed by atoms with Crippen LogP contribution in [-0.2, 0) is 16.1 Å². The molecule has 0 amide bonds. The first-order chi connectivity index (χ1) is 13.5. The highest BCUT2D eigenvalue weighted by atomic mass is 16.5. The van der Waals surface area contributed by atoms with Crippen LogP contribution in [0.1, 0.15) is 37.3 Å². The zero-order chi connectivity index (χ0) is 19.8. The molecule has 0 radical (unpaired) electrons. The maximum atomic E-state index is 12.8. The molecule has 0 unspecified atom stereocenters. The molecule has 0 spiro atoms. The van der Waals surface area contributed by atoms with Crippen LogP contribution in [0.15, 0.2) is 45.1 Å². The number of aromatic amines is 1. The molecule has 2 aliphatic rings. The van der Waals surface area contributed by atoms with Crippen LogP contribution in [-0.4, -0.2) is 28.7 Å². The van der Waals surface area contributed by atoms with Crippen molar-refractivity contribution in [3.63, 3.8) is 0 Å². The minimum Gasteiger partial charge on any atom is -0.494 e. The fraction of sp³-hybridized carbons (Fsp3) is 0.350. The SMILES string of the molecule is CCCn1c2c(c(=O)[nH]c1=O)[C@H](c1ccc(OCC)cc1)C1=C(COC1=O)N2. The molecule has 2 N–H and O–H groups in total. The number of nitrogens with one attached hydrogen (secondary N) is 2. The summed E-state index contributed by atoms with van der Waals surface area (Å²) in [6, 6.07) is 7.26. The molecule has 1 aromatic carbocycles. The second-order valence-corrected chi connectivity index (χ2v) is 6.70. The summed E-state index contributed by atoms with van der Waals surface area (Å²) >= 11 is 0. The maximum Gasteiger partial charge on any atom is 0.337 e. The van der Waals surface area contributed by atoms with E-state index < -0.39 is 23.1 Å². The van der Waals surface area contributed by atoms with Crippen LogP contribution in [0.4, 0.5) is 5.82 Å². The lowest BCUT2D eigenvalue weighted by Crippen LogP contribution is -2.38. The number of anilines is 1. The number of aromatic nitrogens is 2. The van der Waals surface area contributed by atoms with Gasteiger partial charge in [-0.25, -0.2) is 9.59 Å². The Morgan fingerprint density at radius 2 is 1.93 bits per heavy atom. The molecule has 2 aromatic rings. The molecule has 8 heteroatoms. The van der Waals surface area contributed by atoms with E-state index in [2.05, 4.69) is 10.3 Å². The van der Waals surface area contributed by atoms with E-state index >= 15 is 0 Å². The Hall–Kier alpha value is -3.29. The first-order valence-corrected chi connectivity index (χ1v) is 9.32. The Balaban J connectivity index is 1.94. The van der Waals surface area contributed by atoms with E-state index in [0.717, 1.165) is 12.0 Å². The zero-order valence-corrected chi connectivity index (χ0v) is 15.7. The molecule has 0 bridgehead atoms. The number of esters is 1. The second kappa shape index (κ2) is 7.03. The number of rotatable bonds is 5. The number of cyclic esters (lactones) is 1. The van der Waals surface area contributed by atoms with E-state index in [9.17, 15) is 14.4 Å². The Morgan fingerprint density at radius 1 is 1.18 bits per heavy atom. The van der Waals surface area contributed by atoms with Crippen LogP contribution in [0, 0.1) is 0 Å². The summed E-state index contributed by atoms with van der Waals surface area (Å²) in [6.07, 6.45) is 0.717. The van der Waals surface area contributed by atoms with Crippen LogP contribution in [0.2, 0.25) is 0 Å². The van der Waals surface area contributed by atoms with Gasteiger partial charge in [0.15, 0.2) is 0 Å². The van der Waals surface area contributed by atoms with Crippen molar-refractivity contribution in [2.45, 2.75) is 32.7 Å². The molecule has 0 fully saturated rings. The van der Waals surface area contributed by atoms with Crippen molar-refractivity contribution in [2.75, 3.05) is 18.5 Å². The van der Waals surface area contributed by atoms with Gasteiger partial charge in [0.1, 0.15) is 18.2 Å². The number of hydrogen-bond donors (Lipinski definition) is 2. The standard InChI is InChI=1S/C20H21N3O5/c1-3-9-23-17-16(18(24)22-20(23)26)14(15-13(21-17)10-28-19(15)25)11-5-7-12(8-6-11)27-4-2/h5-8,14,21H,3-4,9-10H2,1-2H3,(H,22,24,26)/t14-/m1/s1. The fourth-order valence-corrected chi connectivity index (χ4v) is 3.78. The predicted octanol–water partition coefficient (Wildman–Crippen LogP) is 1.71. The van der Waals surface area contributed by atoms with Crippen molar-refractivity contribution in [3.05, 3.63) is 67.5 Å². The number of nitrogens with zero attached hydrogens (tertiary/aromatic N) is 1. The molecule has 8 nitrogen and oxygen atoms in total. The highest BCUT2D eigenvalue weighted by molar-refractivity contribution is 5.96. The molecule has 3 heterocycles. The van der Waals surface area contributed by atoms with E-state index in [0.29, 0.717) is 41.6 Å². The van der Waals surface area contributed by atoms with E-state index in [-0.39, 0.29) is 6.61 Å². The van der Waals surface area contributed by atoms with Gasteiger partial charge in [-0.2, -0.15) is 0 Å². The molecule has 0 saturated carbocycles. The number of H-pyrrole nitrogens is 1. The summed E-state index contributed by atoms with van der Waals surface area (Å²) < 4.78 is 12.2. The summed E-state index contributed by atoms with van der Waals surface area (Å²) in [5.41, 5.74) is 1.11. The van der Waals surface area contributed by atoms with Gasteiger partial charge in [0.25, 0.3) is 5.56 Å². The summed E-state index contributed by atoms with van der Waals surface area (Å²) in [4.78, 5) is 40.0. The molecule has 2 aliphatic heterocycles. The average Bonchev–Trinajstić information content (AvgIpc) is 3.05. The minimum absolute atomic E-state index is 0.0915. The molecule has 28 heavy (non-hydrogen) atoms. The molecular formula is C20H21N3O5. The third-order valence-corrected chi connectivity index (χ3v) is 4.95. The fourth-order valence-electron chi connectivity index (χ4n) is 3.78. The van der Waals surface area contributed by atoms with Crippen molar-refractivity contribution in [3.8, 4) is 5.75 Å². The number of fused-ring (bicyclic) bond motifs is 1. The average molecular weight is 383 g/mol. The quantitative estimate of drug-likeness (QED) is 0.762. The van der Waals surface area contributed by atoms with Gasteiger partial charge in [-0.1, -0.05) is 19.1 Å².